The fraction of sp³-hybridized carbons (Fsp3) is 0.643. The number of carbonyl (C=O) groups is 1. The highest BCUT2D eigenvalue weighted by atomic mass is 32.2. The molecular weight excluding hydrogens is 280 g/mol. The SMILES string of the molecule is COc1ccsc1C(=O)C1CCOC2(CCSC2)C1. The number of Topliss-reactive ketones (excluding diaryl/α,β-unsaturated/α-hetero) is 1. The van der Waals surface area contributed by atoms with Crippen LogP contribution in [0.2, 0.25) is 0 Å². The van der Waals surface area contributed by atoms with E-state index in [9.17, 15) is 4.79 Å². The van der Waals surface area contributed by atoms with Gasteiger partial charge in [0.2, 0.25) is 0 Å². The monoisotopic (exact) mass is 298 g/mol. The summed E-state index contributed by atoms with van der Waals surface area (Å²) in [7, 11) is 1.62. The van der Waals surface area contributed by atoms with Crippen molar-refractivity contribution in [2.75, 3.05) is 25.2 Å². The molecule has 0 saturated carbocycles. The number of rotatable bonds is 3. The second kappa shape index (κ2) is 5.46. The van der Waals surface area contributed by atoms with Gasteiger partial charge < -0.3 is 9.47 Å². The van der Waals surface area contributed by atoms with Crippen LogP contribution in [-0.4, -0.2) is 36.6 Å². The van der Waals surface area contributed by atoms with Crippen LogP contribution < -0.4 is 4.74 Å². The highest BCUT2D eigenvalue weighted by Crippen LogP contribution is 2.42. The molecule has 104 valence electrons. The predicted octanol–water partition coefficient (Wildman–Crippen LogP) is 3.24. The van der Waals surface area contributed by atoms with Crippen molar-refractivity contribution in [2.24, 2.45) is 5.92 Å². The molecule has 0 N–H and O–H groups in total. The molecule has 1 aromatic rings. The Balaban J connectivity index is 1.76. The summed E-state index contributed by atoms with van der Waals surface area (Å²) >= 11 is 3.43. The molecule has 3 nitrogen and oxygen atoms in total. The number of ketones is 1. The van der Waals surface area contributed by atoms with E-state index in [2.05, 4.69) is 0 Å². The molecular formula is C14H18O3S2. The first-order valence-corrected chi connectivity index (χ1v) is 8.65. The van der Waals surface area contributed by atoms with Gasteiger partial charge in [-0.2, -0.15) is 11.8 Å². The number of hydrogen-bond donors (Lipinski definition) is 0. The van der Waals surface area contributed by atoms with Gasteiger partial charge in [0.25, 0.3) is 0 Å². The quantitative estimate of drug-likeness (QED) is 0.803. The van der Waals surface area contributed by atoms with Crippen LogP contribution >= 0.6 is 23.1 Å². The van der Waals surface area contributed by atoms with Gasteiger partial charge in [-0.3, -0.25) is 4.79 Å². The van der Waals surface area contributed by atoms with E-state index >= 15 is 0 Å². The topological polar surface area (TPSA) is 35.5 Å². The third-order valence-electron chi connectivity index (χ3n) is 4.00. The van der Waals surface area contributed by atoms with Gasteiger partial charge in [0.05, 0.1) is 12.7 Å². The summed E-state index contributed by atoms with van der Waals surface area (Å²) in [6.07, 6.45) is 2.80. The highest BCUT2D eigenvalue weighted by molar-refractivity contribution is 7.99. The molecule has 0 aromatic carbocycles. The predicted molar refractivity (Wildman–Crippen MR) is 78.6 cm³/mol. The molecule has 5 heteroatoms. The molecule has 0 bridgehead atoms. The highest BCUT2D eigenvalue weighted by Gasteiger charge is 2.43. The van der Waals surface area contributed by atoms with E-state index in [0.717, 1.165) is 41.4 Å². The zero-order valence-corrected chi connectivity index (χ0v) is 12.6. The Kier molecular flexibility index (Phi) is 3.87. The molecule has 2 aliphatic rings. The lowest BCUT2D eigenvalue weighted by Crippen LogP contribution is -2.42. The summed E-state index contributed by atoms with van der Waals surface area (Å²) in [5.74, 6) is 3.25. The smallest absolute Gasteiger partial charge is 0.179 e. The fourth-order valence-corrected chi connectivity index (χ4v) is 5.19. The molecule has 2 unspecified atom stereocenters. The molecule has 0 amide bonds. The molecule has 1 aromatic heterocycles. The summed E-state index contributed by atoms with van der Waals surface area (Å²) in [5.41, 5.74) is -0.0340. The average molecular weight is 298 g/mol. The molecule has 2 saturated heterocycles. The van der Waals surface area contributed by atoms with Crippen LogP contribution in [0.25, 0.3) is 0 Å². The Labute approximate surface area is 121 Å². The number of hydrogen-bond acceptors (Lipinski definition) is 5. The Bertz CT molecular complexity index is 463. The summed E-state index contributed by atoms with van der Waals surface area (Å²) in [6, 6.07) is 1.87. The van der Waals surface area contributed by atoms with Gasteiger partial charge in [0.15, 0.2) is 5.78 Å². The standard InChI is InChI=1S/C14H18O3S2/c1-16-11-3-6-19-13(11)12(15)10-2-5-17-14(8-10)4-7-18-9-14/h3,6,10H,2,4-5,7-9H2,1H3. The van der Waals surface area contributed by atoms with Crippen molar-refractivity contribution in [1.82, 2.24) is 0 Å². The largest absolute Gasteiger partial charge is 0.495 e. The van der Waals surface area contributed by atoms with Gasteiger partial charge in [-0.1, -0.05) is 0 Å². The maximum atomic E-state index is 12.6. The first-order valence-electron chi connectivity index (χ1n) is 6.61. The fourth-order valence-electron chi connectivity index (χ4n) is 2.94. The van der Waals surface area contributed by atoms with Crippen LogP contribution in [0.3, 0.4) is 0 Å². The lowest BCUT2D eigenvalue weighted by molar-refractivity contribution is -0.0734. The van der Waals surface area contributed by atoms with Gasteiger partial charge >= 0.3 is 0 Å². The van der Waals surface area contributed by atoms with Gasteiger partial charge in [-0.05, 0) is 36.5 Å². The van der Waals surface area contributed by atoms with Crippen LogP contribution in [-0.2, 0) is 4.74 Å². The molecule has 2 fully saturated rings. The van der Waals surface area contributed by atoms with Crippen molar-refractivity contribution in [3.05, 3.63) is 16.3 Å². The summed E-state index contributed by atoms with van der Waals surface area (Å²) in [4.78, 5) is 13.4. The van der Waals surface area contributed by atoms with Crippen molar-refractivity contribution >= 4 is 28.9 Å². The van der Waals surface area contributed by atoms with Crippen LogP contribution in [0.15, 0.2) is 11.4 Å². The minimum Gasteiger partial charge on any atom is -0.495 e. The molecule has 3 rings (SSSR count). The minimum atomic E-state index is -0.0340. The Morgan fingerprint density at radius 2 is 2.47 bits per heavy atom. The summed E-state index contributed by atoms with van der Waals surface area (Å²) < 4.78 is 11.2. The molecule has 0 radical (unpaired) electrons. The van der Waals surface area contributed by atoms with E-state index in [1.54, 1.807) is 7.11 Å². The molecule has 3 heterocycles. The second-order valence-electron chi connectivity index (χ2n) is 5.21. The Hall–Kier alpha value is -0.520. The van der Waals surface area contributed by atoms with Crippen LogP contribution in [0, 0.1) is 5.92 Å². The van der Waals surface area contributed by atoms with Crippen molar-refractivity contribution in [3.8, 4) is 5.75 Å². The average Bonchev–Trinajstić information content (AvgIpc) is 3.07. The van der Waals surface area contributed by atoms with Crippen molar-refractivity contribution in [3.63, 3.8) is 0 Å². The zero-order valence-electron chi connectivity index (χ0n) is 11.0. The number of carbonyl (C=O) groups excluding carboxylic acids is 1. The van der Waals surface area contributed by atoms with Crippen LogP contribution in [0.5, 0.6) is 5.75 Å². The van der Waals surface area contributed by atoms with Gasteiger partial charge in [0.1, 0.15) is 10.6 Å². The van der Waals surface area contributed by atoms with Gasteiger partial charge in [-0.25, -0.2) is 0 Å². The third kappa shape index (κ3) is 2.56. The van der Waals surface area contributed by atoms with Crippen molar-refractivity contribution in [2.45, 2.75) is 24.9 Å². The third-order valence-corrected chi connectivity index (χ3v) is 6.14. The molecule has 2 atom stereocenters. The van der Waals surface area contributed by atoms with Crippen LogP contribution in [0.1, 0.15) is 28.9 Å². The summed E-state index contributed by atoms with van der Waals surface area (Å²) in [5, 5.41) is 1.92. The Morgan fingerprint density at radius 1 is 1.58 bits per heavy atom. The van der Waals surface area contributed by atoms with E-state index in [0.29, 0.717) is 6.61 Å². The number of ether oxygens (including phenoxy) is 2. The van der Waals surface area contributed by atoms with E-state index in [-0.39, 0.29) is 17.3 Å². The Morgan fingerprint density at radius 3 is 3.21 bits per heavy atom. The second-order valence-corrected chi connectivity index (χ2v) is 7.23. The minimum absolute atomic E-state index is 0.0340. The lowest BCUT2D eigenvalue weighted by atomic mass is 9.82. The molecule has 0 aliphatic carbocycles. The molecule has 19 heavy (non-hydrogen) atoms. The molecule has 2 aliphatic heterocycles. The number of thiophene rings is 1. The maximum Gasteiger partial charge on any atom is 0.179 e. The van der Waals surface area contributed by atoms with Crippen molar-refractivity contribution < 1.29 is 14.3 Å². The molecule has 1 spiro atoms. The van der Waals surface area contributed by atoms with E-state index in [4.69, 9.17) is 9.47 Å². The van der Waals surface area contributed by atoms with Gasteiger partial charge in [-0.15, -0.1) is 11.3 Å². The van der Waals surface area contributed by atoms with Crippen molar-refractivity contribution in [1.29, 1.82) is 0 Å². The zero-order chi connectivity index (χ0) is 13.3. The first-order chi connectivity index (χ1) is 9.24. The normalized spacial score (nSPS) is 30.7. The summed E-state index contributed by atoms with van der Waals surface area (Å²) in [6.45, 7) is 0.713. The lowest BCUT2D eigenvalue weighted by Gasteiger charge is -2.37. The maximum absolute atomic E-state index is 12.6. The van der Waals surface area contributed by atoms with E-state index in [1.165, 1.54) is 11.3 Å². The van der Waals surface area contributed by atoms with E-state index in [1.807, 2.05) is 23.2 Å². The first kappa shape index (κ1) is 13.5. The van der Waals surface area contributed by atoms with Crippen LogP contribution in [0.4, 0.5) is 0 Å². The van der Waals surface area contributed by atoms with E-state index < -0.39 is 0 Å². The van der Waals surface area contributed by atoms with Gasteiger partial charge in [0, 0.05) is 18.3 Å². The number of thioether (sulfide) groups is 1. The number of methoxy groups -OCH3 is 1.